The number of nitrogens with one attached hydrogen (secondary N) is 1. The lowest BCUT2D eigenvalue weighted by Crippen LogP contribution is -2.42. The summed E-state index contributed by atoms with van der Waals surface area (Å²) in [5, 5.41) is 2.87. The van der Waals surface area contributed by atoms with E-state index >= 15 is 0 Å². The zero-order chi connectivity index (χ0) is 15.5. The fourth-order valence-electron chi connectivity index (χ4n) is 2.60. The molecule has 114 valence electrons. The first-order valence-corrected chi connectivity index (χ1v) is 8.27. The molecule has 6 heteroatoms. The first-order valence-electron chi connectivity index (χ1n) is 7.07. The van der Waals surface area contributed by atoms with Gasteiger partial charge in [-0.25, -0.2) is 0 Å². The predicted molar refractivity (Wildman–Crippen MR) is 88.5 cm³/mol. The van der Waals surface area contributed by atoms with Crippen molar-refractivity contribution in [1.82, 2.24) is 4.90 Å². The van der Waals surface area contributed by atoms with Gasteiger partial charge in [0.25, 0.3) is 5.91 Å². The molecule has 0 unspecified atom stereocenters. The molecule has 1 N–H and O–H groups in total. The van der Waals surface area contributed by atoms with Crippen LogP contribution in [0.25, 0.3) is 0 Å². The molecule has 0 aliphatic carbocycles. The van der Waals surface area contributed by atoms with E-state index in [9.17, 15) is 9.59 Å². The van der Waals surface area contributed by atoms with E-state index in [0.717, 1.165) is 12.1 Å². The van der Waals surface area contributed by atoms with E-state index in [4.69, 9.17) is 11.6 Å². The van der Waals surface area contributed by atoms with Gasteiger partial charge < -0.3 is 10.2 Å². The van der Waals surface area contributed by atoms with Crippen LogP contribution >= 0.6 is 22.9 Å². The molecule has 1 aliphatic heterocycles. The highest BCUT2D eigenvalue weighted by Crippen LogP contribution is 2.27. The molecule has 1 fully saturated rings. The predicted octanol–water partition coefficient (Wildman–Crippen LogP) is 3.64. The van der Waals surface area contributed by atoms with Gasteiger partial charge in [0.05, 0.1) is 9.21 Å². The number of anilines is 1. The van der Waals surface area contributed by atoms with Crippen LogP contribution in [0.4, 0.5) is 5.69 Å². The van der Waals surface area contributed by atoms with Crippen molar-refractivity contribution in [2.75, 3.05) is 11.9 Å². The minimum absolute atomic E-state index is 0.123. The van der Waals surface area contributed by atoms with Gasteiger partial charge >= 0.3 is 0 Å². The molecule has 1 aliphatic rings. The van der Waals surface area contributed by atoms with Gasteiger partial charge in [0.15, 0.2) is 0 Å². The van der Waals surface area contributed by atoms with Crippen LogP contribution in [0.1, 0.15) is 22.5 Å². The molecule has 0 bridgehead atoms. The summed E-state index contributed by atoms with van der Waals surface area (Å²) in [6.07, 6.45) is 1.52. The molecule has 2 aromatic rings. The van der Waals surface area contributed by atoms with Crippen LogP contribution in [0.5, 0.6) is 0 Å². The number of rotatable bonds is 3. The first kappa shape index (κ1) is 15.1. The Bertz CT molecular complexity index is 686. The van der Waals surface area contributed by atoms with Crippen LogP contribution < -0.4 is 5.32 Å². The van der Waals surface area contributed by atoms with E-state index in [1.165, 1.54) is 11.3 Å². The molecule has 1 aromatic carbocycles. The SMILES string of the molecule is O=C(Nc1ccccc1)[C@H]1CCCN1C(=O)c1ccc(Cl)s1. The molecular weight excluding hydrogens is 320 g/mol. The summed E-state index contributed by atoms with van der Waals surface area (Å²) in [6.45, 7) is 0.598. The van der Waals surface area contributed by atoms with Crippen molar-refractivity contribution in [3.8, 4) is 0 Å². The number of likely N-dealkylation sites (tertiary alicyclic amines) is 1. The number of thiophene rings is 1. The van der Waals surface area contributed by atoms with Crippen LogP contribution in [0.3, 0.4) is 0 Å². The normalized spacial score (nSPS) is 17.5. The summed E-state index contributed by atoms with van der Waals surface area (Å²) in [6, 6.07) is 12.3. The highest BCUT2D eigenvalue weighted by Gasteiger charge is 2.35. The molecule has 22 heavy (non-hydrogen) atoms. The van der Waals surface area contributed by atoms with E-state index in [-0.39, 0.29) is 11.8 Å². The lowest BCUT2D eigenvalue weighted by atomic mass is 10.2. The third-order valence-corrected chi connectivity index (χ3v) is 4.86. The van der Waals surface area contributed by atoms with Crippen LogP contribution in [0, 0.1) is 0 Å². The number of benzene rings is 1. The third kappa shape index (κ3) is 3.15. The summed E-state index contributed by atoms with van der Waals surface area (Å²) in [7, 11) is 0. The number of carbonyl (C=O) groups is 2. The number of amides is 2. The third-order valence-electron chi connectivity index (χ3n) is 3.64. The summed E-state index contributed by atoms with van der Waals surface area (Å²) in [4.78, 5) is 27.2. The Balaban J connectivity index is 1.72. The second-order valence-electron chi connectivity index (χ2n) is 5.12. The average Bonchev–Trinajstić information content (AvgIpc) is 3.16. The van der Waals surface area contributed by atoms with Gasteiger partial charge in [-0.3, -0.25) is 9.59 Å². The van der Waals surface area contributed by atoms with E-state index in [0.29, 0.717) is 22.2 Å². The topological polar surface area (TPSA) is 49.4 Å². The number of hydrogen-bond acceptors (Lipinski definition) is 3. The zero-order valence-electron chi connectivity index (χ0n) is 11.8. The van der Waals surface area contributed by atoms with Crippen molar-refractivity contribution in [3.63, 3.8) is 0 Å². The smallest absolute Gasteiger partial charge is 0.264 e. The Hall–Kier alpha value is -1.85. The van der Waals surface area contributed by atoms with Gasteiger partial charge in [0, 0.05) is 12.2 Å². The van der Waals surface area contributed by atoms with Crippen LogP contribution in [-0.2, 0) is 4.79 Å². The van der Waals surface area contributed by atoms with E-state index in [2.05, 4.69) is 5.32 Å². The van der Waals surface area contributed by atoms with E-state index < -0.39 is 6.04 Å². The van der Waals surface area contributed by atoms with Gasteiger partial charge in [-0.2, -0.15) is 0 Å². The van der Waals surface area contributed by atoms with Crippen LogP contribution in [0.2, 0.25) is 4.34 Å². The van der Waals surface area contributed by atoms with Crippen LogP contribution in [0.15, 0.2) is 42.5 Å². The monoisotopic (exact) mass is 334 g/mol. The average molecular weight is 335 g/mol. The molecule has 1 atom stereocenters. The van der Waals surface area contributed by atoms with Gasteiger partial charge in [0.1, 0.15) is 6.04 Å². The number of carbonyl (C=O) groups excluding carboxylic acids is 2. The molecular formula is C16H15ClN2O2S. The first-order chi connectivity index (χ1) is 10.6. The Morgan fingerprint density at radius 2 is 1.95 bits per heavy atom. The van der Waals surface area contributed by atoms with Crippen molar-refractivity contribution in [3.05, 3.63) is 51.7 Å². The van der Waals surface area contributed by atoms with Crippen molar-refractivity contribution in [1.29, 1.82) is 0 Å². The summed E-state index contributed by atoms with van der Waals surface area (Å²) in [5.74, 6) is -0.262. The van der Waals surface area contributed by atoms with E-state index in [1.807, 2.05) is 30.3 Å². The van der Waals surface area contributed by atoms with E-state index in [1.54, 1.807) is 17.0 Å². The summed E-state index contributed by atoms with van der Waals surface area (Å²) < 4.78 is 0.577. The molecule has 0 spiro atoms. The maximum Gasteiger partial charge on any atom is 0.264 e. The van der Waals surface area contributed by atoms with Gasteiger partial charge in [-0.05, 0) is 37.1 Å². The quantitative estimate of drug-likeness (QED) is 0.931. The molecule has 0 saturated carbocycles. The Morgan fingerprint density at radius 1 is 1.18 bits per heavy atom. The summed E-state index contributed by atoms with van der Waals surface area (Å²) in [5.41, 5.74) is 0.742. The largest absolute Gasteiger partial charge is 0.326 e. The molecule has 1 aromatic heterocycles. The molecule has 3 rings (SSSR count). The van der Waals surface area contributed by atoms with Crippen molar-refractivity contribution in [2.45, 2.75) is 18.9 Å². The number of nitrogens with zero attached hydrogens (tertiary/aromatic N) is 1. The number of para-hydroxylation sites is 1. The highest BCUT2D eigenvalue weighted by atomic mass is 35.5. The molecule has 1 saturated heterocycles. The second-order valence-corrected chi connectivity index (χ2v) is 6.83. The maximum atomic E-state index is 12.5. The molecule has 2 heterocycles. The highest BCUT2D eigenvalue weighted by molar-refractivity contribution is 7.17. The van der Waals surface area contributed by atoms with Crippen molar-refractivity contribution < 1.29 is 9.59 Å². The van der Waals surface area contributed by atoms with Crippen molar-refractivity contribution >= 4 is 40.4 Å². The van der Waals surface area contributed by atoms with Gasteiger partial charge in [-0.1, -0.05) is 29.8 Å². The zero-order valence-corrected chi connectivity index (χ0v) is 13.4. The molecule has 2 amide bonds. The summed E-state index contributed by atoms with van der Waals surface area (Å²) >= 11 is 7.13. The van der Waals surface area contributed by atoms with Crippen molar-refractivity contribution in [2.24, 2.45) is 0 Å². The van der Waals surface area contributed by atoms with Gasteiger partial charge in [0.2, 0.25) is 5.91 Å². The Kier molecular flexibility index (Phi) is 4.45. The number of halogens is 1. The maximum absolute atomic E-state index is 12.5. The van der Waals surface area contributed by atoms with Crippen LogP contribution in [-0.4, -0.2) is 29.3 Å². The second kappa shape index (κ2) is 6.50. The number of hydrogen-bond donors (Lipinski definition) is 1. The Labute approximate surface area is 137 Å². The lowest BCUT2D eigenvalue weighted by Gasteiger charge is -2.23. The minimum Gasteiger partial charge on any atom is -0.326 e. The Morgan fingerprint density at radius 3 is 2.64 bits per heavy atom. The standard InChI is InChI=1S/C16H15ClN2O2S/c17-14-9-8-13(22-14)16(21)19-10-4-7-12(19)15(20)18-11-5-2-1-3-6-11/h1-3,5-6,8-9,12H,4,7,10H2,(H,18,20)/t12-/m1/s1. The lowest BCUT2D eigenvalue weighted by molar-refractivity contribution is -0.119. The van der Waals surface area contributed by atoms with Gasteiger partial charge in [-0.15, -0.1) is 11.3 Å². The minimum atomic E-state index is -0.423. The molecule has 4 nitrogen and oxygen atoms in total. The molecule has 0 radical (unpaired) electrons. The fourth-order valence-corrected chi connectivity index (χ4v) is 3.60. The fraction of sp³-hybridized carbons (Fsp3) is 0.250.